The van der Waals surface area contributed by atoms with Crippen molar-refractivity contribution < 1.29 is 9.52 Å². The standard InChI is InChI=1S/C31H31N3O3/c1-30(2,3)22-15-19(16-23(27(22)35)31(4,5)6)18-32-34-28(26-17-20-11-7-10-14-25(20)37-26)33-24-13-9-8-12-21(24)29(34)36/h7-18,35H,1-6H3. The molecule has 0 radical (unpaired) electrons. The Morgan fingerprint density at radius 1 is 0.892 bits per heavy atom. The van der Waals surface area contributed by atoms with Gasteiger partial charge < -0.3 is 9.52 Å². The molecule has 5 rings (SSSR count). The number of phenols is 1. The van der Waals surface area contributed by atoms with Gasteiger partial charge in [-0.2, -0.15) is 9.78 Å². The van der Waals surface area contributed by atoms with Crippen molar-refractivity contribution >= 4 is 28.1 Å². The summed E-state index contributed by atoms with van der Waals surface area (Å²) in [4.78, 5) is 18.4. The van der Waals surface area contributed by atoms with Gasteiger partial charge in [-0.15, -0.1) is 0 Å². The number of phenolic OH excluding ortho intramolecular Hbond substituents is 1. The summed E-state index contributed by atoms with van der Waals surface area (Å²) in [7, 11) is 0. The molecule has 188 valence electrons. The third-order valence-electron chi connectivity index (χ3n) is 6.47. The van der Waals surface area contributed by atoms with Gasteiger partial charge in [-0.25, -0.2) is 4.98 Å². The van der Waals surface area contributed by atoms with Crippen LogP contribution in [0.1, 0.15) is 58.2 Å². The van der Waals surface area contributed by atoms with Crippen LogP contribution in [0.5, 0.6) is 5.75 Å². The van der Waals surface area contributed by atoms with E-state index in [2.05, 4.69) is 46.6 Å². The van der Waals surface area contributed by atoms with E-state index in [-0.39, 0.29) is 16.4 Å². The molecule has 0 amide bonds. The van der Waals surface area contributed by atoms with Crippen LogP contribution < -0.4 is 5.56 Å². The van der Waals surface area contributed by atoms with E-state index in [1.165, 1.54) is 4.68 Å². The summed E-state index contributed by atoms with van der Waals surface area (Å²) in [6.07, 6.45) is 1.65. The molecule has 5 aromatic rings. The minimum absolute atomic E-state index is 0.283. The van der Waals surface area contributed by atoms with Crippen molar-refractivity contribution in [3.63, 3.8) is 0 Å². The SMILES string of the molecule is CC(C)(C)c1cc(C=Nn2c(-c3cc4ccccc4o3)nc3ccccc3c2=O)cc(C(C)(C)C)c1O. The largest absolute Gasteiger partial charge is 0.507 e. The predicted molar refractivity (Wildman–Crippen MR) is 150 cm³/mol. The summed E-state index contributed by atoms with van der Waals surface area (Å²) in [5.41, 5.74) is 2.85. The number of benzene rings is 3. The monoisotopic (exact) mass is 493 g/mol. The fraction of sp³-hybridized carbons (Fsp3) is 0.258. The Hall–Kier alpha value is -4.19. The number of fused-ring (bicyclic) bond motifs is 2. The molecule has 2 aromatic heterocycles. The van der Waals surface area contributed by atoms with Crippen molar-refractivity contribution in [3.8, 4) is 17.3 Å². The van der Waals surface area contributed by atoms with E-state index in [0.717, 1.165) is 22.1 Å². The summed E-state index contributed by atoms with van der Waals surface area (Å²) in [5.74, 6) is 1.07. The Labute approximate surface area is 215 Å². The molecule has 37 heavy (non-hydrogen) atoms. The topological polar surface area (TPSA) is 80.6 Å². The minimum atomic E-state index is -0.289. The van der Waals surface area contributed by atoms with E-state index in [1.807, 2.05) is 60.7 Å². The lowest BCUT2D eigenvalue weighted by molar-refractivity contribution is 0.423. The van der Waals surface area contributed by atoms with Crippen molar-refractivity contribution in [2.45, 2.75) is 52.4 Å². The van der Waals surface area contributed by atoms with Gasteiger partial charge in [0, 0.05) is 16.5 Å². The van der Waals surface area contributed by atoms with Gasteiger partial charge in [-0.3, -0.25) is 4.79 Å². The molecule has 3 aromatic carbocycles. The Kier molecular flexibility index (Phi) is 5.78. The zero-order valence-electron chi connectivity index (χ0n) is 22.0. The molecule has 0 atom stereocenters. The van der Waals surface area contributed by atoms with Crippen molar-refractivity contribution in [1.29, 1.82) is 0 Å². The van der Waals surface area contributed by atoms with Gasteiger partial charge in [0.15, 0.2) is 5.76 Å². The molecule has 1 N–H and O–H groups in total. The average Bonchev–Trinajstić information content (AvgIpc) is 3.27. The molecular weight excluding hydrogens is 462 g/mol. The number of aromatic hydroxyl groups is 1. The van der Waals surface area contributed by atoms with Crippen LogP contribution in [-0.2, 0) is 10.8 Å². The van der Waals surface area contributed by atoms with E-state index in [9.17, 15) is 9.90 Å². The van der Waals surface area contributed by atoms with Crippen molar-refractivity contribution in [3.05, 3.63) is 93.8 Å². The number of para-hydroxylation sites is 2. The van der Waals surface area contributed by atoms with Crippen molar-refractivity contribution in [2.24, 2.45) is 5.10 Å². The highest BCUT2D eigenvalue weighted by Gasteiger charge is 2.26. The van der Waals surface area contributed by atoms with E-state index in [1.54, 1.807) is 12.3 Å². The summed E-state index contributed by atoms with van der Waals surface area (Å²) < 4.78 is 7.36. The Morgan fingerprint density at radius 3 is 2.16 bits per heavy atom. The molecular formula is C31H31N3O3. The van der Waals surface area contributed by atoms with E-state index >= 15 is 0 Å². The summed E-state index contributed by atoms with van der Waals surface area (Å²) in [6.45, 7) is 12.4. The fourth-order valence-electron chi connectivity index (χ4n) is 4.48. The lowest BCUT2D eigenvalue weighted by atomic mass is 9.78. The highest BCUT2D eigenvalue weighted by atomic mass is 16.3. The Balaban J connectivity index is 1.73. The van der Waals surface area contributed by atoms with Gasteiger partial charge in [0.1, 0.15) is 11.3 Å². The average molecular weight is 494 g/mol. The molecule has 0 aliphatic carbocycles. The van der Waals surface area contributed by atoms with Gasteiger partial charge in [0.2, 0.25) is 5.82 Å². The van der Waals surface area contributed by atoms with Crippen LogP contribution in [0.15, 0.2) is 81.0 Å². The molecule has 0 fully saturated rings. The molecule has 0 unspecified atom stereocenters. The maximum atomic E-state index is 13.6. The summed E-state index contributed by atoms with van der Waals surface area (Å²) in [6, 6.07) is 20.6. The molecule has 6 nitrogen and oxygen atoms in total. The van der Waals surface area contributed by atoms with Gasteiger partial charge in [0.05, 0.1) is 17.1 Å². The van der Waals surface area contributed by atoms with Crippen LogP contribution in [0.3, 0.4) is 0 Å². The molecule has 0 saturated heterocycles. The molecule has 6 heteroatoms. The number of aromatic nitrogens is 2. The third kappa shape index (κ3) is 4.55. The highest BCUT2D eigenvalue weighted by molar-refractivity contribution is 5.85. The van der Waals surface area contributed by atoms with Crippen LogP contribution in [-0.4, -0.2) is 21.0 Å². The normalized spacial score (nSPS) is 12.7. The molecule has 0 aliphatic heterocycles. The second kappa shape index (κ2) is 8.73. The van der Waals surface area contributed by atoms with Crippen molar-refractivity contribution in [1.82, 2.24) is 9.66 Å². The van der Waals surface area contributed by atoms with E-state index in [0.29, 0.717) is 33.8 Å². The minimum Gasteiger partial charge on any atom is -0.507 e. The Bertz CT molecular complexity index is 1660. The maximum absolute atomic E-state index is 13.6. The smallest absolute Gasteiger partial charge is 0.282 e. The van der Waals surface area contributed by atoms with Gasteiger partial charge >= 0.3 is 0 Å². The molecule has 0 spiro atoms. The zero-order valence-corrected chi connectivity index (χ0v) is 22.0. The number of hydrogen-bond donors (Lipinski definition) is 1. The summed E-state index contributed by atoms with van der Waals surface area (Å²) in [5, 5.41) is 17.1. The lowest BCUT2D eigenvalue weighted by Gasteiger charge is -2.27. The number of nitrogens with zero attached hydrogens (tertiary/aromatic N) is 3. The van der Waals surface area contributed by atoms with Crippen LogP contribution in [0.25, 0.3) is 33.5 Å². The summed E-state index contributed by atoms with van der Waals surface area (Å²) >= 11 is 0. The van der Waals surface area contributed by atoms with Crippen molar-refractivity contribution in [2.75, 3.05) is 0 Å². The van der Waals surface area contributed by atoms with E-state index in [4.69, 9.17) is 9.40 Å². The van der Waals surface area contributed by atoms with Crippen LogP contribution in [0, 0.1) is 0 Å². The zero-order chi connectivity index (χ0) is 26.5. The number of rotatable bonds is 3. The highest BCUT2D eigenvalue weighted by Crippen LogP contribution is 2.39. The molecule has 0 saturated carbocycles. The third-order valence-corrected chi connectivity index (χ3v) is 6.47. The Morgan fingerprint density at radius 2 is 1.51 bits per heavy atom. The first-order chi connectivity index (χ1) is 17.4. The fourth-order valence-corrected chi connectivity index (χ4v) is 4.48. The number of furan rings is 1. The van der Waals surface area contributed by atoms with E-state index < -0.39 is 0 Å². The van der Waals surface area contributed by atoms with Gasteiger partial charge in [-0.05, 0) is 52.8 Å². The maximum Gasteiger partial charge on any atom is 0.282 e. The first-order valence-electron chi connectivity index (χ1n) is 12.4. The first kappa shape index (κ1) is 24.5. The molecule has 2 heterocycles. The van der Waals surface area contributed by atoms with Gasteiger partial charge in [-0.1, -0.05) is 71.9 Å². The second-order valence-electron chi connectivity index (χ2n) is 11.4. The second-order valence-corrected chi connectivity index (χ2v) is 11.4. The number of hydrogen-bond acceptors (Lipinski definition) is 5. The quantitative estimate of drug-likeness (QED) is 0.275. The first-order valence-corrected chi connectivity index (χ1v) is 12.4. The molecule has 0 aliphatic rings. The van der Waals surface area contributed by atoms with Gasteiger partial charge in [0.25, 0.3) is 5.56 Å². The lowest BCUT2D eigenvalue weighted by Crippen LogP contribution is -2.20. The van der Waals surface area contributed by atoms with Crippen LogP contribution in [0.4, 0.5) is 0 Å². The van der Waals surface area contributed by atoms with Crippen LogP contribution >= 0.6 is 0 Å². The van der Waals surface area contributed by atoms with Crippen LogP contribution in [0.2, 0.25) is 0 Å². The molecule has 0 bridgehead atoms. The predicted octanol–water partition coefficient (Wildman–Crippen LogP) is 6.99.